The highest BCUT2D eigenvalue weighted by Crippen LogP contribution is 2.38. The first-order chi connectivity index (χ1) is 8.66. The van der Waals surface area contributed by atoms with E-state index in [4.69, 9.17) is 5.11 Å². The molecule has 1 fully saturated rings. The zero-order valence-corrected chi connectivity index (χ0v) is 10.2. The quantitative estimate of drug-likeness (QED) is 0.877. The molecule has 0 amide bonds. The number of hydrogen-bond donors (Lipinski definition) is 1. The second kappa shape index (κ2) is 4.08. The average molecular weight is 245 g/mol. The Morgan fingerprint density at radius 3 is 3.00 bits per heavy atom. The fraction of sp³-hybridized carbons (Fsp3) is 0.462. The van der Waals surface area contributed by atoms with Gasteiger partial charge < -0.3 is 9.67 Å². The summed E-state index contributed by atoms with van der Waals surface area (Å²) in [6, 6.07) is 3.88. The molecule has 94 valence electrons. The lowest BCUT2D eigenvalue weighted by molar-refractivity contribution is -0.141. The van der Waals surface area contributed by atoms with E-state index in [1.165, 1.54) is 0 Å². The molecule has 2 atom stereocenters. The Morgan fingerprint density at radius 2 is 2.33 bits per heavy atom. The van der Waals surface area contributed by atoms with Crippen molar-refractivity contribution in [1.82, 2.24) is 14.5 Å². The van der Waals surface area contributed by atoms with Crippen LogP contribution in [0.2, 0.25) is 0 Å². The predicted molar refractivity (Wildman–Crippen MR) is 66.2 cm³/mol. The van der Waals surface area contributed by atoms with E-state index in [1.54, 1.807) is 6.20 Å². The summed E-state index contributed by atoms with van der Waals surface area (Å²) >= 11 is 0. The molecule has 1 saturated carbocycles. The van der Waals surface area contributed by atoms with Crippen LogP contribution in [0.3, 0.4) is 0 Å². The molecule has 1 aliphatic rings. The normalized spacial score (nSPS) is 23.6. The fourth-order valence-electron chi connectivity index (χ4n) is 2.85. The second-order valence-electron chi connectivity index (χ2n) is 4.92. The van der Waals surface area contributed by atoms with Crippen molar-refractivity contribution >= 4 is 17.1 Å². The third-order valence-electron chi connectivity index (χ3n) is 3.84. The second-order valence-corrected chi connectivity index (χ2v) is 4.92. The molecule has 2 unspecified atom stereocenters. The van der Waals surface area contributed by atoms with E-state index in [0.29, 0.717) is 6.42 Å². The highest BCUT2D eigenvalue weighted by molar-refractivity contribution is 5.72. The van der Waals surface area contributed by atoms with Crippen LogP contribution in [0, 0.1) is 5.92 Å². The molecule has 0 aliphatic heterocycles. The fourth-order valence-corrected chi connectivity index (χ4v) is 2.85. The number of rotatable bonds is 2. The Balaban J connectivity index is 1.96. The molecule has 0 aromatic carbocycles. The van der Waals surface area contributed by atoms with Crippen LogP contribution in [0.5, 0.6) is 0 Å². The zero-order valence-electron chi connectivity index (χ0n) is 10.2. The van der Waals surface area contributed by atoms with Crippen LogP contribution < -0.4 is 0 Å². The zero-order chi connectivity index (χ0) is 12.7. The van der Waals surface area contributed by atoms with Crippen LogP contribution in [0.4, 0.5) is 0 Å². The lowest BCUT2D eigenvalue weighted by Crippen LogP contribution is -2.10. The number of fused-ring (bicyclic) bond motifs is 1. The van der Waals surface area contributed by atoms with Crippen LogP contribution in [0.15, 0.2) is 18.3 Å². The summed E-state index contributed by atoms with van der Waals surface area (Å²) in [5.41, 5.74) is 1.75. The van der Waals surface area contributed by atoms with E-state index in [0.717, 1.165) is 29.8 Å². The summed E-state index contributed by atoms with van der Waals surface area (Å²) in [6.45, 7) is 0. The van der Waals surface area contributed by atoms with Gasteiger partial charge in [0.05, 0.1) is 11.4 Å². The number of aryl methyl sites for hydroxylation is 1. The van der Waals surface area contributed by atoms with E-state index >= 15 is 0 Å². The maximum atomic E-state index is 11.0. The summed E-state index contributed by atoms with van der Waals surface area (Å²) in [5.74, 6) is 0.301. The molecule has 0 spiro atoms. The van der Waals surface area contributed by atoms with Crippen molar-refractivity contribution < 1.29 is 9.90 Å². The van der Waals surface area contributed by atoms with Gasteiger partial charge in [0.25, 0.3) is 0 Å². The van der Waals surface area contributed by atoms with Gasteiger partial charge in [-0.25, -0.2) is 9.97 Å². The van der Waals surface area contributed by atoms with Gasteiger partial charge in [-0.15, -0.1) is 0 Å². The van der Waals surface area contributed by atoms with E-state index in [9.17, 15) is 4.79 Å². The summed E-state index contributed by atoms with van der Waals surface area (Å²) < 4.78 is 2.04. The van der Waals surface area contributed by atoms with Gasteiger partial charge in [0.15, 0.2) is 5.65 Å². The number of carboxylic acids is 1. The topological polar surface area (TPSA) is 68.0 Å². The summed E-state index contributed by atoms with van der Waals surface area (Å²) in [4.78, 5) is 19.8. The van der Waals surface area contributed by atoms with Crippen LogP contribution in [0.25, 0.3) is 11.2 Å². The molecule has 0 radical (unpaired) electrons. The third-order valence-corrected chi connectivity index (χ3v) is 3.84. The number of carbonyl (C=O) groups is 1. The first-order valence-corrected chi connectivity index (χ1v) is 6.17. The van der Waals surface area contributed by atoms with Crippen LogP contribution >= 0.6 is 0 Å². The highest BCUT2D eigenvalue weighted by Gasteiger charge is 2.33. The molecule has 2 heterocycles. The van der Waals surface area contributed by atoms with Crippen molar-refractivity contribution in [3.8, 4) is 0 Å². The molecule has 1 aliphatic carbocycles. The van der Waals surface area contributed by atoms with Crippen molar-refractivity contribution in [3.05, 3.63) is 24.2 Å². The largest absolute Gasteiger partial charge is 0.481 e. The summed E-state index contributed by atoms with van der Waals surface area (Å²) in [5, 5.41) is 9.05. The maximum absolute atomic E-state index is 11.0. The Bertz CT molecular complexity index is 605. The lowest BCUT2D eigenvalue weighted by atomic mass is 10.0. The molecule has 5 nitrogen and oxygen atoms in total. The molecule has 5 heteroatoms. The van der Waals surface area contributed by atoms with Crippen LogP contribution in [-0.2, 0) is 11.8 Å². The molecule has 3 rings (SSSR count). The number of carboxylic acid groups (broad SMARTS) is 1. The van der Waals surface area contributed by atoms with Crippen molar-refractivity contribution in [1.29, 1.82) is 0 Å². The third kappa shape index (κ3) is 1.66. The van der Waals surface area contributed by atoms with E-state index in [1.807, 2.05) is 23.7 Å². The van der Waals surface area contributed by atoms with Crippen molar-refractivity contribution in [2.75, 3.05) is 0 Å². The van der Waals surface area contributed by atoms with Crippen molar-refractivity contribution in [2.24, 2.45) is 13.0 Å². The van der Waals surface area contributed by atoms with Gasteiger partial charge in [0, 0.05) is 19.2 Å². The van der Waals surface area contributed by atoms with Gasteiger partial charge >= 0.3 is 5.97 Å². The predicted octanol–water partition coefficient (Wildman–Crippen LogP) is 1.94. The Kier molecular flexibility index (Phi) is 2.54. The summed E-state index contributed by atoms with van der Waals surface area (Å²) in [7, 11) is 1.97. The standard InChI is InChI=1S/C13H15N3O2/c1-16-10-3-2-6-14-11(10)15-12(16)8-4-5-9(7-8)13(17)18/h2-3,6,8-9H,4-5,7H2,1H3,(H,17,18). The summed E-state index contributed by atoms with van der Waals surface area (Å²) in [6.07, 6.45) is 4.06. The van der Waals surface area contributed by atoms with Crippen LogP contribution in [-0.4, -0.2) is 25.6 Å². The minimum absolute atomic E-state index is 0.220. The van der Waals surface area contributed by atoms with E-state index < -0.39 is 5.97 Å². The molecule has 1 N–H and O–H groups in total. The average Bonchev–Trinajstić information content (AvgIpc) is 2.95. The lowest BCUT2D eigenvalue weighted by Gasteiger charge is -2.09. The molecular weight excluding hydrogens is 230 g/mol. The smallest absolute Gasteiger partial charge is 0.306 e. The van der Waals surface area contributed by atoms with Gasteiger partial charge in [-0.3, -0.25) is 4.79 Å². The first-order valence-electron chi connectivity index (χ1n) is 6.17. The van der Waals surface area contributed by atoms with Gasteiger partial charge in [0.2, 0.25) is 0 Å². The molecule has 0 bridgehead atoms. The van der Waals surface area contributed by atoms with E-state index in [-0.39, 0.29) is 11.8 Å². The minimum Gasteiger partial charge on any atom is -0.481 e. The number of imidazole rings is 1. The SMILES string of the molecule is Cn1c(C2CCC(C(=O)O)C2)nc2ncccc21. The Morgan fingerprint density at radius 1 is 1.50 bits per heavy atom. The first kappa shape index (κ1) is 11.2. The van der Waals surface area contributed by atoms with Crippen molar-refractivity contribution in [3.63, 3.8) is 0 Å². The van der Waals surface area contributed by atoms with Gasteiger partial charge in [-0.1, -0.05) is 0 Å². The number of aromatic nitrogens is 3. The van der Waals surface area contributed by atoms with Gasteiger partial charge in [-0.2, -0.15) is 0 Å². The minimum atomic E-state index is -0.686. The molecule has 2 aromatic heterocycles. The van der Waals surface area contributed by atoms with Crippen LogP contribution in [0.1, 0.15) is 31.0 Å². The van der Waals surface area contributed by atoms with Crippen molar-refractivity contribution in [2.45, 2.75) is 25.2 Å². The Labute approximate surface area is 104 Å². The Hall–Kier alpha value is -1.91. The number of aliphatic carboxylic acids is 1. The number of pyridine rings is 1. The number of nitrogens with zero attached hydrogens (tertiary/aromatic N) is 3. The molecule has 0 saturated heterocycles. The number of hydrogen-bond acceptors (Lipinski definition) is 3. The molecule has 2 aromatic rings. The maximum Gasteiger partial charge on any atom is 0.306 e. The van der Waals surface area contributed by atoms with Gasteiger partial charge in [-0.05, 0) is 31.4 Å². The molecular formula is C13H15N3O2. The highest BCUT2D eigenvalue weighted by atomic mass is 16.4. The molecule has 18 heavy (non-hydrogen) atoms. The van der Waals surface area contributed by atoms with E-state index in [2.05, 4.69) is 9.97 Å². The monoisotopic (exact) mass is 245 g/mol. The van der Waals surface area contributed by atoms with Gasteiger partial charge in [0.1, 0.15) is 5.82 Å².